The third-order valence-electron chi connectivity index (χ3n) is 1.50. The quantitative estimate of drug-likeness (QED) is 0.351. The second-order valence-corrected chi connectivity index (χ2v) is 5.59. The molecule has 0 aliphatic carbocycles. The largest absolute Gasteiger partial charge is 0.631 e. The second-order valence-electron chi connectivity index (χ2n) is 4.17. The van der Waals surface area contributed by atoms with Gasteiger partial charge in [0.15, 0.2) is 0 Å². The summed E-state index contributed by atoms with van der Waals surface area (Å²) in [7, 11) is -1.75. The molecule has 0 saturated heterocycles. The first-order valence-electron chi connectivity index (χ1n) is 4.89. The van der Waals surface area contributed by atoms with Crippen molar-refractivity contribution in [3.05, 3.63) is 0 Å². The zero-order chi connectivity index (χ0) is 13.3. The highest BCUT2D eigenvalue weighted by atomic mass is 28.2. The Bertz CT molecular complexity index is 121. The molecule has 0 bridgehead atoms. The van der Waals surface area contributed by atoms with E-state index in [1.54, 1.807) is 27.7 Å². The van der Waals surface area contributed by atoms with Crippen LogP contribution < -0.4 is 0 Å². The fraction of sp³-hybridized carbons (Fsp3) is 1.00. The van der Waals surface area contributed by atoms with E-state index in [1.807, 2.05) is 0 Å². The number of hydrogen-bond acceptors (Lipinski definition) is 5. The van der Waals surface area contributed by atoms with Gasteiger partial charge < -0.3 is 25.3 Å². The standard InChI is InChI=1S/C6H14O2.C2H8Si.BH3O3.2B/c1-5(2,7)6(3,4)8;1-3-2;2-1(3)4;;/h7-8H,1-4H3;3H2,1-2H3;2-4H;;. The SMILES string of the molecule is CC(C)(O)C(C)(C)O.C[SiH2]C.OB(O)O.[B].[B]. The third kappa shape index (κ3) is 38.6. The molecular formula is C8H25B3O5Si. The average Bonchev–Trinajstić information content (AvgIpc) is 1.81. The molecule has 17 heavy (non-hydrogen) atoms. The molecule has 0 aromatic heterocycles. The first-order valence-corrected chi connectivity index (χ1v) is 7.71. The normalized spacial score (nSPS) is 9.35. The summed E-state index contributed by atoms with van der Waals surface area (Å²) in [5, 5.41) is 39.7. The molecule has 0 aliphatic rings. The molecule has 0 heterocycles. The van der Waals surface area contributed by atoms with Crippen molar-refractivity contribution in [3.63, 3.8) is 0 Å². The highest BCUT2D eigenvalue weighted by Crippen LogP contribution is 2.19. The van der Waals surface area contributed by atoms with Crippen molar-refractivity contribution in [2.24, 2.45) is 0 Å². The Kier molecular flexibility index (Phi) is 25.5. The zero-order valence-corrected chi connectivity index (χ0v) is 13.1. The Labute approximate surface area is 111 Å². The lowest BCUT2D eigenvalue weighted by Gasteiger charge is -2.31. The summed E-state index contributed by atoms with van der Waals surface area (Å²) in [6.07, 6.45) is 0. The molecule has 0 unspecified atom stereocenters. The third-order valence-corrected chi connectivity index (χ3v) is 1.50. The first kappa shape index (κ1) is 30.3. The van der Waals surface area contributed by atoms with Crippen LogP contribution in [0.25, 0.3) is 0 Å². The van der Waals surface area contributed by atoms with Crippen LogP contribution >= 0.6 is 0 Å². The second kappa shape index (κ2) is 14.3. The minimum atomic E-state index is -2.17. The average molecular weight is 262 g/mol. The van der Waals surface area contributed by atoms with Gasteiger partial charge in [0.25, 0.3) is 0 Å². The van der Waals surface area contributed by atoms with Crippen molar-refractivity contribution in [2.75, 3.05) is 0 Å². The molecule has 0 rings (SSSR count). The van der Waals surface area contributed by atoms with Gasteiger partial charge in [-0.3, -0.25) is 0 Å². The Morgan fingerprint density at radius 3 is 0.824 bits per heavy atom. The van der Waals surface area contributed by atoms with Gasteiger partial charge in [0.2, 0.25) is 0 Å². The highest BCUT2D eigenvalue weighted by Gasteiger charge is 2.31. The maximum absolute atomic E-state index is 9.10. The summed E-state index contributed by atoms with van der Waals surface area (Å²) in [6, 6.07) is 0. The molecule has 9 heteroatoms. The maximum atomic E-state index is 9.10. The van der Waals surface area contributed by atoms with Crippen molar-refractivity contribution < 1.29 is 25.3 Å². The van der Waals surface area contributed by atoms with E-state index in [0.29, 0.717) is 9.52 Å². The molecule has 0 spiro atoms. The van der Waals surface area contributed by atoms with Gasteiger partial charge in [0.1, 0.15) is 0 Å². The Morgan fingerprint density at radius 1 is 0.765 bits per heavy atom. The Morgan fingerprint density at radius 2 is 0.824 bits per heavy atom. The Balaban J connectivity index is -0.0000000461. The monoisotopic (exact) mass is 262 g/mol. The van der Waals surface area contributed by atoms with Crippen molar-refractivity contribution >= 4 is 33.7 Å². The summed E-state index contributed by atoms with van der Waals surface area (Å²) in [4.78, 5) is 0. The molecule has 0 amide bonds. The van der Waals surface area contributed by atoms with E-state index in [4.69, 9.17) is 25.3 Å². The molecule has 0 aliphatic heterocycles. The summed E-state index contributed by atoms with van der Waals surface area (Å²) >= 11 is 0. The van der Waals surface area contributed by atoms with E-state index in [1.165, 1.54) is 0 Å². The van der Waals surface area contributed by atoms with Gasteiger partial charge in [-0.2, -0.15) is 0 Å². The fourth-order valence-corrected chi connectivity index (χ4v) is 0. The van der Waals surface area contributed by atoms with Crippen molar-refractivity contribution in [3.8, 4) is 0 Å². The Hall–Kier alpha value is 0.212. The van der Waals surface area contributed by atoms with E-state index in [-0.39, 0.29) is 16.8 Å². The summed E-state index contributed by atoms with van der Waals surface area (Å²) in [5.74, 6) is 0. The maximum Gasteiger partial charge on any atom is 0.631 e. The predicted octanol–water partition coefficient (Wildman–Crippen LogP) is -2.03. The van der Waals surface area contributed by atoms with Crippen LogP contribution in [0.5, 0.6) is 0 Å². The summed E-state index contributed by atoms with van der Waals surface area (Å²) in [6.45, 7) is 10.8. The molecule has 0 saturated carbocycles. The number of rotatable bonds is 1. The van der Waals surface area contributed by atoms with E-state index in [2.05, 4.69) is 13.1 Å². The van der Waals surface area contributed by atoms with E-state index in [0.717, 1.165) is 0 Å². The molecule has 5 nitrogen and oxygen atoms in total. The van der Waals surface area contributed by atoms with Gasteiger partial charge in [-0.25, -0.2) is 0 Å². The van der Waals surface area contributed by atoms with Crippen molar-refractivity contribution in [1.82, 2.24) is 0 Å². The lowest BCUT2D eigenvalue weighted by molar-refractivity contribution is -0.107. The summed E-state index contributed by atoms with van der Waals surface area (Å²) < 4.78 is 0. The van der Waals surface area contributed by atoms with E-state index >= 15 is 0 Å². The molecule has 0 fully saturated rings. The topological polar surface area (TPSA) is 101 Å². The van der Waals surface area contributed by atoms with Crippen molar-refractivity contribution in [1.29, 1.82) is 0 Å². The van der Waals surface area contributed by atoms with Gasteiger partial charge in [-0.15, -0.1) is 0 Å². The highest BCUT2D eigenvalue weighted by molar-refractivity contribution is 6.31. The lowest BCUT2D eigenvalue weighted by atomic mass is 9.90. The number of aliphatic hydroxyl groups is 2. The van der Waals surface area contributed by atoms with Gasteiger partial charge in [0.05, 0.1) is 11.2 Å². The lowest BCUT2D eigenvalue weighted by Crippen LogP contribution is -2.44. The van der Waals surface area contributed by atoms with Crippen LogP contribution in [0, 0.1) is 0 Å². The van der Waals surface area contributed by atoms with Crippen LogP contribution in [0.2, 0.25) is 13.1 Å². The minimum Gasteiger partial charge on any atom is -0.402 e. The molecule has 0 aromatic rings. The predicted molar refractivity (Wildman–Crippen MR) is 76.8 cm³/mol. The summed E-state index contributed by atoms with van der Waals surface area (Å²) in [5.41, 5.74) is -2.01. The van der Waals surface area contributed by atoms with Gasteiger partial charge in [-0.05, 0) is 27.7 Å². The van der Waals surface area contributed by atoms with Crippen LogP contribution in [0.15, 0.2) is 0 Å². The number of hydrogen-bond donors (Lipinski definition) is 5. The van der Waals surface area contributed by atoms with Crippen LogP contribution in [0.1, 0.15) is 27.7 Å². The van der Waals surface area contributed by atoms with Crippen LogP contribution in [0.3, 0.4) is 0 Å². The molecule has 5 N–H and O–H groups in total. The van der Waals surface area contributed by atoms with Gasteiger partial charge in [0, 0.05) is 26.3 Å². The molecule has 0 atom stereocenters. The van der Waals surface area contributed by atoms with Crippen LogP contribution in [0.4, 0.5) is 0 Å². The molecule has 0 aromatic carbocycles. The zero-order valence-electron chi connectivity index (χ0n) is 11.7. The fourth-order valence-electron chi connectivity index (χ4n) is 0. The molecule has 6 radical (unpaired) electrons. The van der Waals surface area contributed by atoms with Gasteiger partial charge >= 0.3 is 7.32 Å². The molecular weight excluding hydrogens is 237 g/mol. The van der Waals surface area contributed by atoms with Crippen LogP contribution in [-0.2, 0) is 0 Å². The van der Waals surface area contributed by atoms with Crippen LogP contribution in [-0.4, -0.2) is 70.2 Å². The van der Waals surface area contributed by atoms with Crippen molar-refractivity contribution in [2.45, 2.75) is 52.0 Å². The minimum absolute atomic E-state index is 0. The smallest absolute Gasteiger partial charge is 0.402 e. The van der Waals surface area contributed by atoms with E-state index in [9.17, 15) is 0 Å². The molecule has 100 valence electrons. The van der Waals surface area contributed by atoms with E-state index < -0.39 is 18.5 Å². The first-order chi connectivity index (χ1) is 6.40. The van der Waals surface area contributed by atoms with Gasteiger partial charge in [-0.1, -0.05) is 13.1 Å².